The van der Waals surface area contributed by atoms with E-state index < -0.39 is 11.7 Å². The van der Waals surface area contributed by atoms with E-state index in [2.05, 4.69) is 26.3 Å². The van der Waals surface area contributed by atoms with Gasteiger partial charge >= 0.3 is 0 Å². The molecule has 0 aliphatic carbocycles. The fourth-order valence-corrected chi connectivity index (χ4v) is 1.92. The lowest BCUT2D eigenvalue weighted by molar-refractivity contribution is -0.100. The largest absolute Gasteiger partial charge is 0.472 e. The summed E-state index contributed by atoms with van der Waals surface area (Å²) in [5.41, 5.74) is 1.43. The first kappa shape index (κ1) is 13.7. The van der Waals surface area contributed by atoms with Crippen molar-refractivity contribution in [3.8, 4) is 0 Å². The molecule has 0 rings (SSSR count). The minimum atomic E-state index is -1.08. The molecule has 0 heterocycles. The third kappa shape index (κ3) is 2.21. The first-order valence-corrected chi connectivity index (χ1v) is 4.74. The molecule has 2 heteroatoms. The molecule has 15 heavy (non-hydrogen) atoms. The van der Waals surface area contributed by atoms with Crippen molar-refractivity contribution in [1.29, 1.82) is 0 Å². The van der Waals surface area contributed by atoms with Crippen LogP contribution in [0, 0.1) is 5.41 Å². The highest BCUT2D eigenvalue weighted by molar-refractivity contribution is 5.36. The molecule has 2 nitrogen and oxygen atoms in total. The van der Waals surface area contributed by atoms with Gasteiger partial charge in [0.15, 0.2) is 0 Å². The number of hydrogen-bond donors (Lipinski definition) is 1. The molecule has 84 valence electrons. The monoisotopic (exact) mass is 208 g/mol. The van der Waals surface area contributed by atoms with Gasteiger partial charge < -0.3 is 9.84 Å². The number of aliphatic hydroxyl groups excluding tert-OH is 1. The van der Waals surface area contributed by atoms with Gasteiger partial charge in [0, 0.05) is 0 Å². The molecule has 0 fully saturated rings. The van der Waals surface area contributed by atoms with Crippen LogP contribution in [0.15, 0.2) is 49.3 Å². The molecule has 0 amide bonds. The molecular formula is C13H20O2. The summed E-state index contributed by atoms with van der Waals surface area (Å²) < 4.78 is 5.03. The average Bonchev–Trinajstić information content (AvgIpc) is 2.02. The van der Waals surface area contributed by atoms with Crippen LogP contribution < -0.4 is 0 Å². The molecule has 0 radical (unpaired) electrons. The lowest BCUT2D eigenvalue weighted by Crippen LogP contribution is -2.39. The van der Waals surface area contributed by atoms with Gasteiger partial charge in [0.2, 0.25) is 6.29 Å². The molecule has 1 N–H and O–H groups in total. The first-order valence-electron chi connectivity index (χ1n) is 4.74. The van der Waals surface area contributed by atoms with Crippen molar-refractivity contribution >= 4 is 0 Å². The van der Waals surface area contributed by atoms with Crippen molar-refractivity contribution in [3.05, 3.63) is 49.3 Å². The van der Waals surface area contributed by atoms with Crippen LogP contribution in [0.2, 0.25) is 0 Å². The van der Waals surface area contributed by atoms with Crippen molar-refractivity contribution in [2.45, 2.75) is 27.1 Å². The Bertz CT molecular complexity index is 264. The lowest BCUT2D eigenvalue weighted by Gasteiger charge is -2.39. The summed E-state index contributed by atoms with van der Waals surface area (Å²) in [6.07, 6.45) is 0.122. The quantitative estimate of drug-likeness (QED) is 0.412. The van der Waals surface area contributed by atoms with E-state index in [1.165, 1.54) is 6.26 Å². The predicted molar refractivity (Wildman–Crippen MR) is 64.2 cm³/mol. The van der Waals surface area contributed by atoms with Gasteiger partial charge in [0.05, 0.1) is 11.7 Å². The lowest BCUT2D eigenvalue weighted by atomic mass is 9.70. The molecule has 0 aliphatic rings. The van der Waals surface area contributed by atoms with Gasteiger partial charge in [0.25, 0.3) is 0 Å². The Kier molecular flexibility index (Phi) is 4.56. The molecule has 0 aromatic heterocycles. The van der Waals surface area contributed by atoms with Crippen molar-refractivity contribution in [3.63, 3.8) is 0 Å². The molecule has 0 spiro atoms. The molecule has 0 saturated heterocycles. The summed E-state index contributed by atoms with van der Waals surface area (Å²) >= 11 is 0. The number of aliphatic hydroxyl groups is 1. The van der Waals surface area contributed by atoms with Gasteiger partial charge in [-0.2, -0.15) is 0 Å². The molecule has 0 aromatic rings. The first-order chi connectivity index (χ1) is 6.81. The Labute approximate surface area is 92.3 Å². The second-order valence-corrected chi connectivity index (χ2v) is 3.80. The zero-order valence-electron chi connectivity index (χ0n) is 9.84. The van der Waals surface area contributed by atoms with E-state index in [0.29, 0.717) is 0 Å². The van der Waals surface area contributed by atoms with E-state index >= 15 is 0 Å². The summed E-state index contributed by atoms with van der Waals surface area (Å²) in [7, 11) is 0. The Morgan fingerprint density at radius 1 is 1.13 bits per heavy atom. The third-order valence-electron chi connectivity index (χ3n) is 2.62. The molecular weight excluding hydrogens is 188 g/mol. The maximum absolute atomic E-state index is 9.99. The minimum absolute atomic E-state index is 0.747. The van der Waals surface area contributed by atoms with Crippen LogP contribution in [0.3, 0.4) is 0 Å². The molecule has 1 atom stereocenters. The van der Waals surface area contributed by atoms with E-state index in [0.717, 1.165) is 16.7 Å². The normalized spacial score (nSPS) is 12.8. The summed E-state index contributed by atoms with van der Waals surface area (Å²) in [5, 5.41) is 9.99. The zero-order chi connectivity index (χ0) is 12.2. The van der Waals surface area contributed by atoms with Crippen LogP contribution in [-0.2, 0) is 4.74 Å². The van der Waals surface area contributed by atoms with Crippen molar-refractivity contribution < 1.29 is 9.84 Å². The predicted octanol–water partition coefficient (Wildman–Crippen LogP) is 3.18. The fourth-order valence-electron chi connectivity index (χ4n) is 1.92. The van der Waals surface area contributed by atoms with E-state index in [9.17, 15) is 5.11 Å². The minimum Gasteiger partial charge on any atom is -0.472 e. The molecule has 1 unspecified atom stereocenters. The van der Waals surface area contributed by atoms with Gasteiger partial charge in [-0.1, -0.05) is 43.0 Å². The van der Waals surface area contributed by atoms with E-state index in [1.54, 1.807) is 0 Å². The van der Waals surface area contributed by atoms with Crippen LogP contribution in [0.25, 0.3) is 0 Å². The highest BCUT2D eigenvalue weighted by Crippen LogP contribution is 2.43. The van der Waals surface area contributed by atoms with Gasteiger partial charge in [-0.15, -0.1) is 0 Å². The van der Waals surface area contributed by atoms with Gasteiger partial charge in [-0.3, -0.25) is 0 Å². The SMILES string of the molecule is C=COC(O)C(C(=C)C)(C(=C)C)C(=C)C. The summed E-state index contributed by atoms with van der Waals surface area (Å²) in [6, 6.07) is 0. The van der Waals surface area contributed by atoms with Crippen molar-refractivity contribution in [2.75, 3.05) is 0 Å². The second kappa shape index (κ2) is 4.99. The number of rotatable bonds is 6. The van der Waals surface area contributed by atoms with Crippen LogP contribution in [-0.4, -0.2) is 11.4 Å². The third-order valence-corrected chi connectivity index (χ3v) is 2.62. The Morgan fingerprint density at radius 3 is 1.67 bits per heavy atom. The topological polar surface area (TPSA) is 29.5 Å². The Balaban J connectivity index is 5.51. The fraction of sp³-hybridized carbons (Fsp3) is 0.385. The maximum Gasteiger partial charge on any atom is 0.213 e. The van der Waals surface area contributed by atoms with Crippen LogP contribution in [0.1, 0.15) is 20.8 Å². The van der Waals surface area contributed by atoms with Crippen molar-refractivity contribution in [1.82, 2.24) is 0 Å². The standard InChI is InChI=1S/C13H20O2/c1-8-15-12(14)13(9(2)3,10(4)5)11(6)7/h8,12,14H,1-2,4,6H2,3,5,7H3. The number of hydrogen-bond acceptors (Lipinski definition) is 2. The van der Waals surface area contributed by atoms with E-state index in [1.807, 2.05) is 20.8 Å². The van der Waals surface area contributed by atoms with Gasteiger partial charge in [0.1, 0.15) is 0 Å². The molecule has 0 aliphatic heterocycles. The average molecular weight is 208 g/mol. The Hall–Kier alpha value is -1.28. The maximum atomic E-state index is 9.99. The second-order valence-electron chi connectivity index (χ2n) is 3.80. The zero-order valence-corrected chi connectivity index (χ0v) is 9.84. The summed E-state index contributed by atoms with van der Waals surface area (Å²) in [4.78, 5) is 0. The molecule has 0 aromatic carbocycles. The van der Waals surface area contributed by atoms with Crippen LogP contribution >= 0.6 is 0 Å². The van der Waals surface area contributed by atoms with E-state index in [4.69, 9.17) is 4.74 Å². The molecule has 0 saturated carbocycles. The van der Waals surface area contributed by atoms with Crippen LogP contribution in [0.4, 0.5) is 0 Å². The number of ether oxygens (including phenoxy) is 1. The Morgan fingerprint density at radius 2 is 1.47 bits per heavy atom. The highest BCUT2D eigenvalue weighted by Gasteiger charge is 2.42. The summed E-state index contributed by atoms with van der Waals surface area (Å²) in [6.45, 7) is 20.5. The van der Waals surface area contributed by atoms with Gasteiger partial charge in [-0.05, 0) is 20.8 Å². The van der Waals surface area contributed by atoms with Crippen molar-refractivity contribution in [2.24, 2.45) is 5.41 Å². The van der Waals surface area contributed by atoms with E-state index in [-0.39, 0.29) is 0 Å². The molecule has 0 bridgehead atoms. The smallest absolute Gasteiger partial charge is 0.213 e. The van der Waals surface area contributed by atoms with Crippen LogP contribution in [0.5, 0.6) is 0 Å². The van der Waals surface area contributed by atoms with Gasteiger partial charge in [-0.25, -0.2) is 0 Å². The highest BCUT2D eigenvalue weighted by atomic mass is 16.6. The summed E-state index contributed by atoms with van der Waals surface area (Å²) in [5.74, 6) is 0.